The van der Waals surface area contributed by atoms with Crippen LogP contribution in [0.2, 0.25) is 0 Å². The Hall–Kier alpha value is -0.870. The van der Waals surface area contributed by atoms with Crippen molar-refractivity contribution in [2.75, 3.05) is 26.2 Å². The number of hydrogen-bond donors (Lipinski definition) is 1. The smallest absolute Gasteiger partial charge is 0.252 e. The van der Waals surface area contributed by atoms with Crippen LogP contribution in [-0.4, -0.2) is 37.0 Å². The Bertz CT molecular complexity index is 420. The van der Waals surface area contributed by atoms with Crippen molar-refractivity contribution in [1.29, 1.82) is 0 Å². The van der Waals surface area contributed by atoms with E-state index >= 15 is 0 Å². The first-order chi connectivity index (χ1) is 9.16. The van der Waals surface area contributed by atoms with Gasteiger partial charge in [-0.15, -0.1) is 11.3 Å². The molecule has 1 saturated heterocycles. The molecule has 1 fully saturated rings. The van der Waals surface area contributed by atoms with Crippen LogP contribution in [0.5, 0.6) is 0 Å². The van der Waals surface area contributed by atoms with Gasteiger partial charge in [-0.3, -0.25) is 4.79 Å². The van der Waals surface area contributed by atoms with E-state index in [9.17, 15) is 4.79 Å². The van der Waals surface area contributed by atoms with Crippen LogP contribution in [0.1, 0.15) is 45.8 Å². The summed E-state index contributed by atoms with van der Waals surface area (Å²) in [6.45, 7) is 8.17. The summed E-state index contributed by atoms with van der Waals surface area (Å²) in [5.41, 5.74) is 0.846. The van der Waals surface area contributed by atoms with Crippen LogP contribution in [0.4, 0.5) is 0 Å². The van der Waals surface area contributed by atoms with E-state index in [4.69, 9.17) is 0 Å². The molecule has 3 nitrogen and oxygen atoms in total. The minimum atomic E-state index is 0.0803. The van der Waals surface area contributed by atoms with E-state index in [1.807, 2.05) is 19.9 Å². The van der Waals surface area contributed by atoms with Gasteiger partial charge >= 0.3 is 0 Å². The van der Waals surface area contributed by atoms with Crippen molar-refractivity contribution in [2.24, 2.45) is 0 Å². The fourth-order valence-corrected chi connectivity index (χ4v) is 3.56. The first-order valence-corrected chi connectivity index (χ1v) is 8.06. The highest BCUT2D eigenvalue weighted by molar-refractivity contribution is 7.12. The number of hydrogen-bond acceptors (Lipinski definition) is 3. The van der Waals surface area contributed by atoms with E-state index in [2.05, 4.69) is 10.2 Å². The van der Waals surface area contributed by atoms with E-state index in [1.165, 1.54) is 43.6 Å². The highest BCUT2D eigenvalue weighted by Crippen LogP contribution is 2.20. The van der Waals surface area contributed by atoms with E-state index in [-0.39, 0.29) is 5.91 Å². The monoisotopic (exact) mass is 280 g/mol. The number of aryl methyl sites for hydroxylation is 2. The van der Waals surface area contributed by atoms with Gasteiger partial charge in [0.15, 0.2) is 0 Å². The van der Waals surface area contributed by atoms with Crippen molar-refractivity contribution in [3.63, 3.8) is 0 Å². The number of carbonyl (C=O) groups is 1. The van der Waals surface area contributed by atoms with Crippen LogP contribution >= 0.6 is 11.3 Å². The predicted molar refractivity (Wildman–Crippen MR) is 81.0 cm³/mol. The van der Waals surface area contributed by atoms with Crippen LogP contribution < -0.4 is 5.32 Å². The molecule has 1 N–H and O–H groups in total. The Balaban J connectivity index is 1.76. The average molecular weight is 280 g/mol. The van der Waals surface area contributed by atoms with Crippen LogP contribution in [0, 0.1) is 13.8 Å². The third kappa shape index (κ3) is 4.32. The molecule has 1 aromatic heterocycles. The summed E-state index contributed by atoms with van der Waals surface area (Å²) in [6, 6.07) is 1.99. The van der Waals surface area contributed by atoms with Gasteiger partial charge in [0.25, 0.3) is 5.91 Å². The molecule has 0 spiro atoms. The van der Waals surface area contributed by atoms with Gasteiger partial charge in [-0.05, 0) is 45.8 Å². The van der Waals surface area contributed by atoms with Gasteiger partial charge in [0.1, 0.15) is 0 Å². The average Bonchev–Trinajstić information content (AvgIpc) is 2.58. The molecule has 0 saturated carbocycles. The molecule has 2 heterocycles. The van der Waals surface area contributed by atoms with Crippen molar-refractivity contribution in [3.8, 4) is 0 Å². The van der Waals surface area contributed by atoms with Crippen LogP contribution in [0.3, 0.4) is 0 Å². The molecule has 1 aliphatic heterocycles. The van der Waals surface area contributed by atoms with Gasteiger partial charge in [0.2, 0.25) is 0 Å². The third-order valence-corrected chi connectivity index (χ3v) is 4.66. The zero-order chi connectivity index (χ0) is 13.7. The molecule has 1 aliphatic rings. The maximum Gasteiger partial charge on any atom is 0.252 e. The lowest BCUT2D eigenvalue weighted by Gasteiger charge is -2.19. The van der Waals surface area contributed by atoms with Gasteiger partial charge < -0.3 is 10.2 Å². The molecular formula is C15H24N2OS. The fraction of sp³-hybridized carbons (Fsp3) is 0.667. The minimum Gasteiger partial charge on any atom is -0.351 e. The highest BCUT2D eigenvalue weighted by Gasteiger charge is 2.12. The Labute approximate surface area is 120 Å². The second kappa shape index (κ2) is 7.06. The number of amides is 1. The van der Waals surface area contributed by atoms with Crippen molar-refractivity contribution < 1.29 is 4.79 Å². The fourth-order valence-electron chi connectivity index (χ4n) is 2.64. The van der Waals surface area contributed by atoms with Gasteiger partial charge in [-0.25, -0.2) is 0 Å². The maximum atomic E-state index is 12.1. The maximum absolute atomic E-state index is 12.1. The lowest BCUT2D eigenvalue weighted by Crippen LogP contribution is -2.35. The van der Waals surface area contributed by atoms with Crippen LogP contribution in [0.25, 0.3) is 0 Å². The Morgan fingerprint density at radius 2 is 1.95 bits per heavy atom. The zero-order valence-electron chi connectivity index (χ0n) is 12.0. The summed E-state index contributed by atoms with van der Waals surface area (Å²) in [4.78, 5) is 16.9. The third-order valence-electron chi connectivity index (χ3n) is 3.70. The zero-order valence-corrected chi connectivity index (χ0v) is 12.8. The highest BCUT2D eigenvalue weighted by atomic mass is 32.1. The second-order valence-corrected chi connectivity index (χ2v) is 6.80. The number of carbonyl (C=O) groups excluding carboxylic acids is 1. The van der Waals surface area contributed by atoms with Crippen molar-refractivity contribution in [3.05, 3.63) is 21.4 Å². The first kappa shape index (κ1) is 14.5. The van der Waals surface area contributed by atoms with Gasteiger partial charge in [0.05, 0.1) is 5.56 Å². The Kier molecular flexibility index (Phi) is 5.40. The summed E-state index contributed by atoms with van der Waals surface area (Å²) in [5.74, 6) is 0.0803. The number of nitrogens with zero attached hydrogens (tertiary/aromatic N) is 1. The van der Waals surface area contributed by atoms with Gasteiger partial charge in [-0.1, -0.05) is 12.8 Å². The van der Waals surface area contributed by atoms with Crippen molar-refractivity contribution in [2.45, 2.75) is 39.5 Å². The van der Waals surface area contributed by atoms with Gasteiger partial charge in [0, 0.05) is 22.8 Å². The summed E-state index contributed by atoms with van der Waals surface area (Å²) < 4.78 is 0. The molecule has 0 unspecified atom stereocenters. The van der Waals surface area contributed by atoms with Crippen LogP contribution in [0.15, 0.2) is 6.07 Å². The lowest BCUT2D eigenvalue weighted by molar-refractivity contribution is 0.0948. The number of likely N-dealkylation sites (tertiary alicyclic amines) is 1. The van der Waals surface area contributed by atoms with E-state index in [0.29, 0.717) is 0 Å². The van der Waals surface area contributed by atoms with Crippen molar-refractivity contribution >= 4 is 17.2 Å². The molecule has 0 atom stereocenters. The number of rotatable bonds is 4. The number of thiophene rings is 1. The topological polar surface area (TPSA) is 32.3 Å². The Morgan fingerprint density at radius 3 is 2.53 bits per heavy atom. The standard InChI is InChI=1S/C15H24N2OS/c1-12-11-14(13(2)19-12)15(18)16-7-10-17-8-5-3-4-6-9-17/h11H,3-10H2,1-2H3,(H,16,18). The normalized spacial score (nSPS) is 17.2. The van der Waals surface area contributed by atoms with Gasteiger partial charge in [-0.2, -0.15) is 0 Å². The first-order valence-electron chi connectivity index (χ1n) is 7.24. The summed E-state index contributed by atoms with van der Waals surface area (Å²) in [7, 11) is 0. The van der Waals surface area contributed by atoms with E-state index < -0.39 is 0 Å². The molecule has 0 bridgehead atoms. The Morgan fingerprint density at radius 1 is 1.26 bits per heavy atom. The van der Waals surface area contributed by atoms with E-state index in [0.717, 1.165) is 23.5 Å². The molecular weight excluding hydrogens is 256 g/mol. The SMILES string of the molecule is Cc1cc(C(=O)NCCN2CCCCCC2)c(C)s1. The summed E-state index contributed by atoms with van der Waals surface area (Å²) in [5, 5.41) is 3.05. The lowest BCUT2D eigenvalue weighted by atomic mass is 10.2. The molecule has 19 heavy (non-hydrogen) atoms. The molecule has 0 radical (unpaired) electrons. The largest absolute Gasteiger partial charge is 0.351 e. The molecule has 4 heteroatoms. The number of nitrogens with one attached hydrogen (secondary N) is 1. The second-order valence-electron chi connectivity index (χ2n) is 5.34. The predicted octanol–water partition coefficient (Wildman–Crippen LogP) is 2.97. The molecule has 1 amide bonds. The molecule has 1 aromatic rings. The van der Waals surface area contributed by atoms with Crippen LogP contribution in [-0.2, 0) is 0 Å². The molecule has 2 rings (SSSR count). The summed E-state index contributed by atoms with van der Waals surface area (Å²) in [6.07, 6.45) is 5.32. The van der Waals surface area contributed by atoms with E-state index in [1.54, 1.807) is 11.3 Å². The molecule has 0 aromatic carbocycles. The molecule has 0 aliphatic carbocycles. The summed E-state index contributed by atoms with van der Waals surface area (Å²) >= 11 is 1.69. The quantitative estimate of drug-likeness (QED) is 0.919. The molecule has 106 valence electrons. The van der Waals surface area contributed by atoms with Crippen molar-refractivity contribution in [1.82, 2.24) is 10.2 Å². The minimum absolute atomic E-state index is 0.0803.